The number of carbonyl (C=O) groups excluding carboxylic acids is 3. The summed E-state index contributed by atoms with van der Waals surface area (Å²) in [7, 11) is 1.34. The average molecular weight is 643 g/mol. The molecule has 0 unspecified atom stereocenters. The maximum atomic E-state index is 13.9. The lowest BCUT2D eigenvalue weighted by Gasteiger charge is -2.44. The number of ether oxygens (including phenoxy) is 5. The Morgan fingerprint density at radius 1 is 0.723 bits per heavy atom. The molecule has 9 nitrogen and oxygen atoms in total. The van der Waals surface area contributed by atoms with Crippen LogP contribution in [0.2, 0.25) is 0 Å². The van der Waals surface area contributed by atoms with Gasteiger partial charge in [-0.3, -0.25) is 9.59 Å². The Labute approximate surface area is 275 Å². The molecule has 1 aliphatic rings. The minimum absolute atomic E-state index is 0.243. The number of benzene rings is 3. The van der Waals surface area contributed by atoms with Crippen LogP contribution < -0.4 is 0 Å². The van der Waals surface area contributed by atoms with Crippen LogP contribution in [0.15, 0.2) is 116 Å². The highest BCUT2D eigenvalue weighted by Crippen LogP contribution is 2.32. The van der Waals surface area contributed by atoms with Gasteiger partial charge in [-0.1, -0.05) is 91.0 Å². The topological polar surface area (TPSA) is 118 Å². The molecule has 248 valence electrons. The summed E-state index contributed by atoms with van der Waals surface area (Å²) in [5.74, 6) is -3.25. The lowest BCUT2D eigenvalue weighted by Crippen LogP contribution is -2.63. The zero-order valence-corrected chi connectivity index (χ0v) is 26.5. The molecule has 0 saturated carbocycles. The monoisotopic (exact) mass is 642 g/mol. The fourth-order valence-corrected chi connectivity index (χ4v) is 5.57. The van der Waals surface area contributed by atoms with E-state index in [-0.39, 0.29) is 5.56 Å². The first-order valence-electron chi connectivity index (χ1n) is 15.6. The molecule has 1 saturated heterocycles. The van der Waals surface area contributed by atoms with Crippen LogP contribution in [0.1, 0.15) is 34.3 Å². The molecule has 9 heteroatoms. The van der Waals surface area contributed by atoms with Crippen LogP contribution in [-0.2, 0) is 46.1 Å². The van der Waals surface area contributed by atoms with Crippen molar-refractivity contribution in [1.82, 2.24) is 0 Å². The second-order valence-electron chi connectivity index (χ2n) is 11.3. The molecule has 0 amide bonds. The number of allylic oxidation sites excluding steroid dienone is 2. The quantitative estimate of drug-likeness (QED) is 0.127. The number of hydrogen-bond acceptors (Lipinski definition) is 9. The second-order valence-corrected chi connectivity index (χ2v) is 11.3. The lowest BCUT2D eigenvalue weighted by atomic mass is 9.94. The van der Waals surface area contributed by atoms with Gasteiger partial charge in [-0.25, -0.2) is 4.79 Å². The van der Waals surface area contributed by atoms with E-state index in [1.807, 2.05) is 60.7 Å². The van der Waals surface area contributed by atoms with Gasteiger partial charge in [-0.15, -0.1) is 13.2 Å². The van der Waals surface area contributed by atoms with Crippen molar-refractivity contribution in [2.45, 2.75) is 56.4 Å². The predicted octanol–water partition coefficient (Wildman–Crippen LogP) is 5.27. The SMILES string of the molecule is C=CC[C@H](Cc1ccccc1)C(=O)O[C@H]1[C@@H](OC(=O)[C@H](CC=C)Cc2ccccc2)[C@@H](CO)O[C@H](OC)[C@@H]1OC(=O)c1ccccc1. The second kappa shape index (κ2) is 17.9. The molecule has 7 atom stereocenters. The van der Waals surface area contributed by atoms with Gasteiger partial charge < -0.3 is 28.8 Å². The Hall–Kier alpha value is -4.57. The van der Waals surface area contributed by atoms with E-state index >= 15 is 0 Å². The van der Waals surface area contributed by atoms with Crippen LogP contribution in [-0.4, -0.2) is 67.4 Å². The molecule has 1 fully saturated rings. The normalized spacial score (nSPS) is 21.9. The predicted molar refractivity (Wildman–Crippen MR) is 175 cm³/mol. The molecule has 4 rings (SSSR count). The molecule has 47 heavy (non-hydrogen) atoms. The molecule has 0 spiro atoms. The third kappa shape index (κ3) is 9.71. The van der Waals surface area contributed by atoms with Crippen molar-refractivity contribution in [2.24, 2.45) is 11.8 Å². The number of methoxy groups -OCH3 is 1. The van der Waals surface area contributed by atoms with Crippen LogP contribution in [0, 0.1) is 11.8 Å². The molecule has 1 aliphatic heterocycles. The van der Waals surface area contributed by atoms with Gasteiger partial charge in [0.2, 0.25) is 0 Å². The molecule has 3 aromatic rings. The average Bonchev–Trinajstić information content (AvgIpc) is 3.10. The minimum Gasteiger partial charge on any atom is -0.455 e. The van der Waals surface area contributed by atoms with Gasteiger partial charge >= 0.3 is 17.9 Å². The highest BCUT2D eigenvalue weighted by atomic mass is 16.7. The summed E-state index contributed by atoms with van der Waals surface area (Å²) in [5.41, 5.74) is 2.07. The van der Waals surface area contributed by atoms with Crippen LogP contribution in [0.5, 0.6) is 0 Å². The summed E-state index contributed by atoms with van der Waals surface area (Å²) in [6, 6.07) is 27.2. The molecular formula is C38H42O9. The fraction of sp³-hybridized carbons (Fsp3) is 0.342. The number of rotatable bonds is 16. The van der Waals surface area contributed by atoms with Gasteiger partial charge in [0.15, 0.2) is 24.6 Å². The standard InChI is InChI=1S/C38H42O9/c1-4-15-29(23-26-17-9-6-10-18-26)36(41)45-32-31(25-39)44-38(43-3)34(47-35(40)28-21-13-8-14-22-28)33(32)46-37(42)30(16-5-2)24-27-19-11-7-12-20-27/h4-14,17-22,29-34,38-39H,1-2,15-16,23-25H2,3H3/t29-,30-,31-,32+,33+,34-,38+/m1/s1. The van der Waals surface area contributed by atoms with Crippen LogP contribution in [0.3, 0.4) is 0 Å². The summed E-state index contributed by atoms with van der Waals surface area (Å²) < 4.78 is 29.6. The number of hydrogen-bond donors (Lipinski definition) is 1. The Kier molecular flexibility index (Phi) is 13.5. The van der Waals surface area contributed by atoms with Crippen molar-refractivity contribution in [3.63, 3.8) is 0 Å². The number of aliphatic hydroxyl groups excluding tert-OH is 1. The number of esters is 3. The first kappa shape index (κ1) is 35.3. The molecule has 3 aromatic carbocycles. The van der Waals surface area contributed by atoms with E-state index in [0.717, 1.165) is 11.1 Å². The molecule has 0 aromatic heterocycles. The van der Waals surface area contributed by atoms with Gasteiger partial charge in [0, 0.05) is 7.11 Å². The Morgan fingerprint density at radius 2 is 1.19 bits per heavy atom. The Morgan fingerprint density at radius 3 is 1.64 bits per heavy atom. The number of carbonyl (C=O) groups is 3. The van der Waals surface area contributed by atoms with Gasteiger partial charge in [0.1, 0.15) is 6.10 Å². The highest BCUT2D eigenvalue weighted by Gasteiger charge is 2.53. The van der Waals surface area contributed by atoms with E-state index in [1.165, 1.54) is 7.11 Å². The summed E-state index contributed by atoms with van der Waals surface area (Å²) in [4.78, 5) is 41.0. The largest absolute Gasteiger partial charge is 0.455 e. The van der Waals surface area contributed by atoms with E-state index in [2.05, 4.69) is 13.2 Å². The van der Waals surface area contributed by atoms with Crippen molar-refractivity contribution in [3.8, 4) is 0 Å². The van der Waals surface area contributed by atoms with Gasteiger partial charge in [-0.05, 0) is 48.9 Å². The van der Waals surface area contributed by atoms with Crippen LogP contribution in [0.4, 0.5) is 0 Å². The van der Waals surface area contributed by atoms with Crippen molar-refractivity contribution < 1.29 is 43.2 Å². The van der Waals surface area contributed by atoms with Crippen molar-refractivity contribution in [2.75, 3.05) is 13.7 Å². The maximum absolute atomic E-state index is 13.9. The summed E-state index contributed by atoms with van der Waals surface area (Å²) >= 11 is 0. The van der Waals surface area contributed by atoms with Crippen LogP contribution >= 0.6 is 0 Å². The highest BCUT2D eigenvalue weighted by molar-refractivity contribution is 5.89. The third-order valence-corrected chi connectivity index (χ3v) is 7.98. The molecule has 1 heterocycles. The molecule has 0 bridgehead atoms. The van der Waals surface area contributed by atoms with Crippen molar-refractivity contribution >= 4 is 17.9 Å². The zero-order valence-electron chi connectivity index (χ0n) is 26.5. The molecule has 0 radical (unpaired) electrons. The van der Waals surface area contributed by atoms with E-state index < -0.39 is 67.1 Å². The smallest absolute Gasteiger partial charge is 0.338 e. The van der Waals surface area contributed by atoms with Crippen LogP contribution in [0.25, 0.3) is 0 Å². The molecule has 0 aliphatic carbocycles. The Balaban J connectivity index is 1.68. The number of aliphatic hydroxyl groups is 1. The van der Waals surface area contributed by atoms with Crippen molar-refractivity contribution in [1.29, 1.82) is 0 Å². The lowest BCUT2D eigenvalue weighted by molar-refractivity contribution is -0.300. The maximum Gasteiger partial charge on any atom is 0.338 e. The Bertz CT molecular complexity index is 1440. The van der Waals surface area contributed by atoms with Crippen molar-refractivity contribution in [3.05, 3.63) is 133 Å². The minimum atomic E-state index is -1.39. The van der Waals surface area contributed by atoms with E-state index in [1.54, 1.807) is 42.5 Å². The summed E-state index contributed by atoms with van der Waals surface area (Å²) in [5, 5.41) is 10.4. The van der Waals surface area contributed by atoms with E-state index in [4.69, 9.17) is 23.7 Å². The van der Waals surface area contributed by atoms with E-state index in [0.29, 0.717) is 25.7 Å². The summed E-state index contributed by atoms with van der Waals surface area (Å²) in [6.07, 6.45) is -1.95. The zero-order chi connectivity index (χ0) is 33.6. The third-order valence-electron chi connectivity index (χ3n) is 7.98. The van der Waals surface area contributed by atoms with Gasteiger partial charge in [-0.2, -0.15) is 0 Å². The van der Waals surface area contributed by atoms with E-state index in [9.17, 15) is 19.5 Å². The molecular weight excluding hydrogens is 600 g/mol. The van der Waals surface area contributed by atoms with Gasteiger partial charge in [0.05, 0.1) is 24.0 Å². The fourth-order valence-electron chi connectivity index (χ4n) is 5.57. The van der Waals surface area contributed by atoms with Gasteiger partial charge in [0.25, 0.3) is 0 Å². The first-order valence-corrected chi connectivity index (χ1v) is 15.6. The summed E-state index contributed by atoms with van der Waals surface area (Å²) in [6.45, 7) is 7.01. The first-order chi connectivity index (χ1) is 22.9. The molecule has 1 N–H and O–H groups in total.